The van der Waals surface area contributed by atoms with Gasteiger partial charge in [0.2, 0.25) is 0 Å². The smallest absolute Gasteiger partial charge is 0.329 e. The highest BCUT2D eigenvalue weighted by Crippen LogP contribution is 2.28. The number of hydrogen-bond donors (Lipinski definition) is 1. The zero-order valence-corrected chi connectivity index (χ0v) is 17.6. The number of carbonyl (C=O) groups excluding carboxylic acids is 2. The highest BCUT2D eigenvalue weighted by Gasteiger charge is 2.33. The summed E-state index contributed by atoms with van der Waals surface area (Å²) >= 11 is 3.52. The molecule has 1 N–H and O–H groups in total. The Morgan fingerprint density at radius 2 is 1.57 bits per heavy atom. The first-order valence-corrected chi connectivity index (χ1v) is 10.2. The number of hydrogen-bond acceptors (Lipinski definition) is 3. The summed E-state index contributed by atoms with van der Waals surface area (Å²) in [4.78, 5) is 26.1. The summed E-state index contributed by atoms with van der Waals surface area (Å²) < 4.78 is 6.63. The van der Waals surface area contributed by atoms with E-state index in [1.807, 2.05) is 78.9 Å². The third-order valence-corrected chi connectivity index (χ3v) is 5.27. The third kappa shape index (κ3) is 4.60. The van der Waals surface area contributed by atoms with Gasteiger partial charge in [-0.05, 0) is 50.8 Å². The number of benzene rings is 3. The summed E-state index contributed by atoms with van der Waals surface area (Å²) in [5, 5.41) is 2.66. The average Bonchev–Trinajstić information content (AvgIpc) is 3.02. The average molecular weight is 463 g/mol. The summed E-state index contributed by atoms with van der Waals surface area (Å²) in [5.74, 6) is 0.359. The van der Waals surface area contributed by atoms with Crippen LogP contribution in [0.5, 0.6) is 5.75 Å². The Balaban J connectivity index is 1.46. The molecule has 0 aromatic heterocycles. The van der Waals surface area contributed by atoms with Crippen molar-refractivity contribution in [2.24, 2.45) is 0 Å². The molecule has 1 heterocycles. The molecule has 4 rings (SSSR count). The van der Waals surface area contributed by atoms with Gasteiger partial charge < -0.3 is 10.1 Å². The Morgan fingerprint density at radius 3 is 2.23 bits per heavy atom. The van der Waals surface area contributed by atoms with E-state index in [4.69, 9.17) is 4.74 Å². The topological polar surface area (TPSA) is 58.6 Å². The maximum Gasteiger partial charge on any atom is 0.329 e. The maximum atomic E-state index is 12.7. The van der Waals surface area contributed by atoms with Gasteiger partial charge in [0.15, 0.2) is 0 Å². The van der Waals surface area contributed by atoms with Gasteiger partial charge in [-0.1, -0.05) is 66.7 Å². The van der Waals surface area contributed by atoms with E-state index in [9.17, 15) is 9.59 Å². The van der Waals surface area contributed by atoms with Crippen molar-refractivity contribution in [3.05, 3.63) is 106 Å². The number of amides is 3. The van der Waals surface area contributed by atoms with Crippen LogP contribution in [0.3, 0.4) is 0 Å². The van der Waals surface area contributed by atoms with E-state index in [0.717, 1.165) is 21.2 Å². The molecule has 150 valence electrons. The summed E-state index contributed by atoms with van der Waals surface area (Å²) in [6.45, 7) is 0.696. The van der Waals surface area contributed by atoms with Crippen LogP contribution >= 0.6 is 15.9 Å². The summed E-state index contributed by atoms with van der Waals surface area (Å²) in [6, 6.07) is 24.4. The number of imide groups is 1. The van der Waals surface area contributed by atoms with E-state index in [2.05, 4.69) is 21.2 Å². The van der Waals surface area contributed by atoms with Crippen molar-refractivity contribution < 1.29 is 14.3 Å². The van der Waals surface area contributed by atoms with Gasteiger partial charge in [0, 0.05) is 0 Å². The molecule has 0 radical (unpaired) electrons. The lowest BCUT2D eigenvalue weighted by molar-refractivity contribution is -0.123. The van der Waals surface area contributed by atoms with Gasteiger partial charge in [-0.3, -0.25) is 9.69 Å². The molecule has 0 bridgehead atoms. The fourth-order valence-electron chi connectivity index (χ4n) is 3.11. The highest BCUT2D eigenvalue weighted by molar-refractivity contribution is 9.10. The lowest BCUT2D eigenvalue weighted by atomic mass is 10.1. The van der Waals surface area contributed by atoms with Crippen LogP contribution in [0.15, 0.2) is 89.0 Å². The van der Waals surface area contributed by atoms with Gasteiger partial charge in [0.25, 0.3) is 5.91 Å². The standard InChI is InChI=1S/C24H19BrN2O3/c25-20-13-19(11-12-22(20)30-16-18-9-5-2-6-10-18)14-21-23(28)27(24(29)26-21)15-17-7-3-1-4-8-17/h1-14H,15-16H2,(H,26,29)/b21-14-. The quantitative estimate of drug-likeness (QED) is 0.408. The number of nitrogens with one attached hydrogen (secondary N) is 1. The molecule has 3 aromatic carbocycles. The number of urea groups is 1. The minimum Gasteiger partial charge on any atom is -0.488 e. The van der Waals surface area contributed by atoms with Crippen molar-refractivity contribution >= 4 is 33.9 Å². The van der Waals surface area contributed by atoms with E-state index >= 15 is 0 Å². The van der Waals surface area contributed by atoms with E-state index in [0.29, 0.717) is 12.4 Å². The van der Waals surface area contributed by atoms with Crippen molar-refractivity contribution in [1.29, 1.82) is 0 Å². The van der Waals surface area contributed by atoms with Crippen molar-refractivity contribution in [3.8, 4) is 5.75 Å². The molecule has 1 aliphatic rings. The molecule has 1 aliphatic heterocycles. The van der Waals surface area contributed by atoms with Gasteiger partial charge in [-0.2, -0.15) is 0 Å². The summed E-state index contributed by atoms with van der Waals surface area (Å²) in [5.41, 5.74) is 3.00. The van der Waals surface area contributed by atoms with Crippen molar-refractivity contribution in [2.45, 2.75) is 13.2 Å². The molecule has 0 spiro atoms. The van der Waals surface area contributed by atoms with Gasteiger partial charge >= 0.3 is 6.03 Å². The van der Waals surface area contributed by atoms with Gasteiger partial charge in [-0.15, -0.1) is 0 Å². The minimum absolute atomic E-state index is 0.235. The van der Waals surface area contributed by atoms with Crippen LogP contribution in [0.4, 0.5) is 4.79 Å². The van der Waals surface area contributed by atoms with Gasteiger partial charge in [0.05, 0.1) is 11.0 Å². The number of nitrogens with zero attached hydrogens (tertiary/aromatic N) is 1. The Labute approximate surface area is 183 Å². The van der Waals surface area contributed by atoms with Crippen molar-refractivity contribution in [2.75, 3.05) is 0 Å². The van der Waals surface area contributed by atoms with Crippen molar-refractivity contribution in [3.63, 3.8) is 0 Å². The number of rotatable bonds is 6. The first kappa shape index (κ1) is 19.9. The fraction of sp³-hybridized carbons (Fsp3) is 0.0833. The fourth-order valence-corrected chi connectivity index (χ4v) is 3.62. The van der Waals surface area contributed by atoms with Crippen LogP contribution < -0.4 is 10.1 Å². The zero-order chi connectivity index (χ0) is 20.9. The lowest BCUT2D eigenvalue weighted by Crippen LogP contribution is -2.30. The van der Waals surface area contributed by atoms with E-state index in [1.165, 1.54) is 4.90 Å². The Bertz CT molecular complexity index is 1100. The molecule has 0 unspecified atom stereocenters. The first-order valence-electron chi connectivity index (χ1n) is 9.45. The molecule has 0 aliphatic carbocycles. The molecule has 5 nitrogen and oxygen atoms in total. The Hall–Kier alpha value is -3.38. The second-order valence-corrected chi connectivity index (χ2v) is 7.68. The molecule has 0 saturated carbocycles. The predicted octanol–water partition coefficient (Wildman–Crippen LogP) is 5.12. The predicted molar refractivity (Wildman–Crippen MR) is 118 cm³/mol. The molecule has 6 heteroatoms. The normalized spacial score (nSPS) is 14.8. The molecule has 3 aromatic rings. The minimum atomic E-state index is -0.419. The maximum absolute atomic E-state index is 12.7. The third-order valence-electron chi connectivity index (χ3n) is 4.65. The second kappa shape index (κ2) is 8.97. The molecule has 1 fully saturated rings. The molecule has 1 saturated heterocycles. The van der Waals surface area contributed by atoms with E-state index < -0.39 is 6.03 Å². The first-order chi connectivity index (χ1) is 14.6. The lowest BCUT2D eigenvalue weighted by Gasteiger charge is -2.11. The zero-order valence-electron chi connectivity index (χ0n) is 16.0. The Morgan fingerprint density at radius 1 is 0.900 bits per heavy atom. The van der Waals surface area contributed by atoms with E-state index in [1.54, 1.807) is 6.08 Å². The number of halogens is 1. The van der Waals surface area contributed by atoms with E-state index in [-0.39, 0.29) is 18.1 Å². The Kier molecular flexibility index (Phi) is 5.95. The van der Waals surface area contributed by atoms with Gasteiger partial charge in [-0.25, -0.2) is 4.79 Å². The SMILES string of the molecule is O=C1N/C(=C\c2ccc(OCc3ccccc3)c(Br)c2)C(=O)N1Cc1ccccc1. The molecular formula is C24H19BrN2O3. The van der Waals surface area contributed by atoms with Crippen LogP contribution in [-0.4, -0.2) is 16.8 Å². The second-order valence-electron chi connectivity index (χ2n) is 6.83. The molecule has 3 amide bonds. The molecule has 0 atom stereocenters. The van der Waals surface area contributed by atoms with Crippen LogP contribution in [0.25, 0.3) is 6.08 Å². The molecule has 30 heavy (non-hydrogen) atoms. The monoisotopic (exact) mass is 462 g/mol. The van der Waals surface area contributed by atoms with Crippen LogP contribution in [0.2, 0.25) is 0 Å². The molecular weight excluding hydrogens is 444 g/mol. The summed E-state index contributed by atoms with van der Waals surface area (Å²) in [6.07, 6.45) is 1.66. The van der Waals surface area contributed by atoms with Crippen LogP contribution in [0, 0.1) is 0 Å². The number of ether oxygens (including phenoxy) is 1. The van der Waals surface area contributed by atoms with Crippen molar-refractivity contribution in [1.82, 2.24) is 10.2 Å². The highest BCUT2D eigenvalue weighted by atomic mass is 79.9. The summed E-state index contributed by atoms with van der Waals surface area (Å²) in [7, 11) is 0. The van der Waals surface area contributed by atoms with Crippen LogP contribution in [0.1, 0.15) is 16.7 Å². The number of carbonyl (C=O) groups is 2. The largest absolute Gasteiger partial charge is 0.488 e. The van der Waals surface area contributed by atoms with Gasteiger partial charge in [0.1, 0.15) is 18.1 Å². The van der Waals surface area contributed by atoms with Crippen LogP contribution in [-0.2, 0) is 17.9 Å².